The number of hydrogen-bond donors (Lipinski definition) is 1. The van der Waals surface area contributed by atoms with Crippen molar-refractivity contribution >= 4 is 38.7 Å². The van der Waals surface area contributed by atoms with Crippen molar-refractivity contribution in [1.29, 1.82) is 0 Å². The Morgan fingerprint density at radius 2 is 1.40 bits per heavy atom. The van der Waals surface area contributed by atoms with Gasteiger partial charge in [0.1, 0.15) is 6.42 Å². The molecular weight excluding hydrogens is 492 g/mol. The van der Waals surface area contributed by atoms with E-state index in [4.69, 9.17) is 0 Å². The van der Waals surface area contributed by atoms with Crippen LogP contribution in [0.3, 0.4) is 0 Å². The van der Waals surface area contributed by atoms with E-state index in [1.54, 1.807) is 0 Å². The van der Waals surface area contributed by atoms with Gasteiger partial charge in [-0.2, -0.15) is 0 Å². The van der Waals surface area contributed by atoms with Gasteiger partial charge in [-0.3, -0.25) is 0 Å². The van der Waals surface area contributed by atoms with Crippen molar-refractivity contribution in [2.75, 3.05) is 23.9 Å². The van der Waals surface area contributed by atoms with Crippen molar-refractivity contribution in [2.24, 2.45) is 5.92 Å². The summed E-state index contributed by atoms with van der Waals surface area (Å²) in [7, 11) is 4.20. The molecule has 3 atom stereocenters. The Kier molecular flexibility index (Phi) is 5.28. The number of hydrogen-bond acceptors (Lipinski definition) is 4. The number of benzene rings is 4. The first-order chi connectivity index (χ1) is 19.0. The molecular formula is C36H37N2O2+. The molecule has 1 saturated carbocycles. The predicted molar refractivity (Wildman–Crippen MR) is 165 cm³/mol. The smallest absolute Gasteiger partial charge is 0.325 e. The molecule has 0 bridgehead atoms. The number of allylic oxidation sites excluding steroid dienone is 1. The van der Waals surface area contributed by atoms with Crippen LogP contribution in [0.4, 0.5) is 11.4 Å². The molecule has 0 amide bonds. The van der Waals surface area contributed by atoms with Crippen LogP contribution in [0.1, 0.15) is 45.2 Å². The molecule has 1 aliphatic carbocycles. The third-order valence-corrected chi connectivity index (χ3v) is 10.2. The molecule has 4 aromatic carbocycles. The van der Waals surface area contributed by atoms with Gasteiger partial charge in [0.25, 0.3) is 0 Å². The van der Waals surface area contributed by atoms with E-state index in [2.05, 4.69) is 124 Å². The highest BCUT2D eigenvalue weighted by Crippen LogP contribution is 2.54. The summed E-state index contributed by atoms with van der Waals surface area (Å²) in [5.41, 5.74) is 5.62. The van der Waals surface area contributed by atoms with Gasteiger partial charge in [-0.15, -0.1) is 0 Å². The van der Waals surface area contributed by atoms with Crippen molar-refractivity contribution in [3.63, 3.8) is 0 Å². The number of aliphatic hydroxyl groups excluding tert-OH is 1. The molecule has 3 aliphatic rings. The highest BCUT2D eigenvalue weighted by atomic mass is 16.3. The van der Waals surface area contributed by atoms with Crippen molar-refractivity contribution < 1.29 is 9.90 Å². The zero-order valence-electron chi connectivity index (χ0n) is 24.2. The van der Waals surface area contributed by atoms with Gasteiger partial charge < -0.3 is 14.9 Å². The number of anilines is 2. The lowest BCUT2D eigenvalue weighted by molar-refractivity contribution is -0.132. The standard InChI is InChI=1S/C36H37N2O2/c1-35(2)29(37(5)27-17-15-21-11-7-9-13-23(21)31(27)35)19-25-33(39)26(34(25)40)20-30-36(3,4)32-24-14-10-8-12-22(24)16-18-28(32)38(30)6/h7-19,25,30,33,39H,20H2,1-6H3/q+1. The maximum Gasteiger partial charge on any atom is 0.325 e. The fraction of sp³-hybridized carbons (Fsp3) is 0.333. The fourth-order valence-electron chi connectivity index (χ4n) is 8.03. The molecule has 0 aromatic heterocycles. The molecule has 7 rings (SSSR count). The normalized spacial score (nSPS) is 25.6. The zero-order chi connectivity index (χ0) is 28.1. The van der Waals surface area contributed by atoms with Gasteiger partial charge in [-0.1, -0.05) is 88.4 Å². The Morgan fingerprint density at radius 3 is 2.02 bits per heavy atom. The molecule has 1 N–H and O–H groups in total. The highest BCUT2D eigenvalue weighted by Gasteiger charge is 2.63. The third kappa shape index (κ3) is 3.23. The largest absolute Gasteiger partial charge is 0.366 e. The molecule has 0 radical (unpaired) electrons. The third-order valence-electron chi connectivity index (χ3n) is 10.2. The first kappa shape index (κ1) is 25.2. The molecule has 4 heteroatoms. The van der Waals surface area contributed by atoms with Crippen LogP contribution >= 0.6 is 0 Å². The second-order valence-corrected chi connectivity index (χ2v) is 13.0. The quantitative estimate of drug-likeness (QED) is 0.293. The van der Waals surface area contributed by atoms with Crippen LogP contribution in [0.15, 0.2) is 84.6 Å². The molecule has 1 fully saturated rings. The lowest BCUT2D eigenvalue weighted by Crippen LogP contribution is -2.54. The number of nitrogens with zero attached hydrogens (tertiary/aromatic N) is 2. The van der Waals surface area contributed by atoms with Crippen LogP contribution in [0, 0.1) is 11.8 Å². The summed E-state index contributed by atoms with van der Waals surface area (Å²) in [6, 6.07) is 25.9. The minimum atomic E-state index is -0.755. The van der Waals surface area contributed by atoms with E-state index >= 15 is 0 Å². The number of rotatable bonds is 3. The van der Waals surface area contributed by atoms with Gasteiger partial charge in [0, 0.05) is 42.0 Å². The molecule has 3 unspecified atom stereocenters. The van der Waals surface area contributed by atoms with Gasteiger partial charge in [0.15, 0.2) is 11.8 Å². The second-order valence-electron chi connectivity index (χ2n) is 13.0. The molecule has 0 saturated heterocycles. The highest BCUT2D eigenvalue weighted by molar-refractivity contribution is 6.04. The van der Waals surface area contributed by atoms with E-state index in [1.165, 1.54) is 44.0 Å². The summed E-state index contributed by atoms with van der Waals surface area (Å²) in [5, 5.41) is 16.4. The molecule has 4 aromatic rings. The maximum atomic E-state index is 13.7. The number of carbonyl (C=O) groups is 1. The first-order valence-corrected chi connectivity index (χ1v) is 14.3. The summed E-state index contributed by atoms with van der Waals surface area (Å²) < 4.78 is 0. The predicted octanol–water partition coefficient (Wildman–Crippen LogP) is 6.92. The van der Waals surface area contributed by atoms with Crippen LogP contribution in [0.2, 0.25) is 0 Å². The minimum Gasteiger partial charge on any atom is -0.366 e. The Hall–Kier alpha value is -3.76. The number of fused-ring (bicyclic) bond motifs is 6. The fourth-order valence-corrected chi connectivity index (χ4v) is 8.03. The van der Waals surface area contributed by atoms with Crippen molar-refractivity contribution in [3.8, 4) is 0 Å². The average Bonchev–Trinajstić information content (AvgIpc) is 3.27. The summed E-state index contributed by atoms with van der Waals surface area (Å²) >= 11 is 0. The average molecular weight is 530 g/mol. The Balaban J connectivity index is 1.17. The first-order valence-electron chi connectivity index (χ1n) is 14.3. The van der Waals surface area contributed by atoms with Gasteiger partial charge in [0.2, 0.25) is 6.10 Å². The molecule has 0 spiro atoms. The SMILES string of the molecule is CN1C(=CC2C(=O)[C+](CC3N(C)c4ccc5ccccc5c4C3(C)C)C2O)C(C)(C)c2c1ccc1ccccc21. The van der Waals surface area contributed by atoms with E-state index in [9.17, 15) is 9.90 Å². The monoisotopic (exact) mass is 529 g/mol. The Bertz CT molecular complexity index is 1730. The van der Waals surface area contributed by atoms with Gasteiger partial charge >= 0.3 is 5.78 Å². The van der Waals surface area contributed by atoms with Crippen molar-refractivity contribution in [1.82, 2.24) is 0 Å². The van der Waals surface area contributed by atoms with Crippen molar-refractivity contribution in [3.05, 3.63) is 102 Å². The van der Waals surface area contributed by atoms with Crippen LogP contribution in [0.25, 0.3) is 21.5 Å². The molecule has 40 heavy (non-hydrogen) atoms. The topological polar surface area (TPSA) is 43.8 Å². The maximum absolute atomic E-state index is 13.7. The Morgan fingerprint density at radius 1 is 0.825 bits per heavy atom. The summed E-state index contributed by atoms with van der Waals surface area (Å²) in [6.07, 6.45) is 1.85. The number of carbonyl (C=O) groups excluding carboxylic acids is 1. The van der Waals surface area contributed by atoms with Crippen LogP contribution in [-0.4, -0.2) is 37.1 Å². The Labute approximate surface area is 236 Å². The van der Waals surface area contributed by atoms with Crippen LogP contribution in [0.5, 0.6) is 0 Å². The number of ketones is 1. The van der Waals surface area contributed by atoms with E-state index in [0.29, 0.717) is 12.3 Å². The van der Waals surface area contributed by atoms with E-state index in [1.807, 2.05) is 6.08 Å². The lowest BCUT2D eigenvalue weighted by atomic mass is 9.64. The minimum absolute atomic E-state index is 0.0787. The van der Waals surface area contributed by atoms with Crippen LogP contribution < -0.4 is 9.80 Å². The zero-order valence-corrected chi connectivity index (χ0v) is 24.2. The number of aliphatic hydroxyl groups is 1. The summed E-state index contributed by atoms with van der Waals surface area (Å²) in [4.78, 5) is 18.2. The van der Waals surface area contributed by atoms with Crippen molar-refractivity contribution in [2.45, 2.75) is 57.1 Å². The molecule has 202 valence electrons. The van der Waals surface area contributed by atoms with Gasteiger partial charge in [0.05, 0.1) is 6.04 Å². The van der Waals surface area contributed by atoms with E-state index < -0.39 is 12.0 Å². The molecule has 4 nitrogen and oxygen atoms in total. The van der Waals surface area contributed by atoms with Gasteiger partial charge in [-0.05, 0) is 50.9 Å². The lowest BCUT2D eigenvalue weighted by Gasteiger charge is -2.36. The summed E-state index contributed by atoms with van der Waals surface area (Å²) in [6.45, 7) is 9.01. The second kappa shape index (κ2) is 8.37. The van der Waals surface area contributed by atoms with E-state index in [0.717, 1.165) is 5.70 Å². The number of Topliss-reactive ketones (excluding diaryl/α,β-unsaturated/α-hetero) is 1. The molecule has 2 aliphatic heterocycles. The molecule has 2 heterocycles. The van der Waals surface area contributed by atoms with E-state index in [-0.39, 0.29) is 22.7 Å². The number of likely N-dealkylation sites (N-methyl/N-ethyl adjacent to an activating group) is 2. The van der Waals surface area contributed by atoms with Gasteiger partial charge in [-0.25, -0.2) is 4.79 Å². The van der Waals surface area contributed by atoms with Crippen LogP contribution in [-0.2, 0) is 15.6 Å². The summed E-state index contributed by atoms with van der Waals surface area (Å²) in [5.74, 6) is 0.227.